The molecule has 194 valence electrons. The van der Waals surface area contributed by atoms with Crippen molar-refractivity contribution in [3.8, 4) is 11.5 Å². The fourth-order valence-corrected chi connectivity index (χ4v) is 5.67. The lowest BCUT2D eigenvalue weighted by Crippen LogP contribution is -2.39. The zero-order valence-electron chi connectivity index (χ0n) is 20.5. The van der Waals surface area contributed by atoms with Crippen molar-refractivity contribution >= 4 is 38.3 Å². The van der Waals surface area contributed by atoms with Crippen LogP contribution in [-0.2, 0) is 4.74 Å². The molecular weight excluding hydrogens is 494 g/mol. The van der Waals surface area contributed by atoms with E-state index in [9.17, 15) is 10.2 Å². The maximum Gasteiger partial charge on any atom is 0.226 e. The lowest BCUT2D eigenvalue weighted by atomic mass is 10.1. The molecule has 2 fully saturated rings. The van der Waals surface area contributed by atoms with E-state index in [1.807, 2.05) is 30.0 Å². The molecule has 0 aliphatic carbocycles. The lowest BCUT2D eigenvalue weighted by molar-refractivity contribution is 0.122. The second-order valence-electron chi connectivity index (χ2n) is 9.33. The Labute approximate surface area is 217 Å². The minimum absolute atomic E-state index is 0.354. The Morgan fingerprint density at radius 3 is 2.81 bits per heavy atom. The van der Waals surface area contributed by atoms with Crippen LogP contribution < -0.4 is 15.1 Å². The first-order valence-corrected chi connectivity index (χ1v) is 13.3. The van der Waals surface area contributed by atoms with Crippen LogP contribution in [-0.4, -0.2) is 75.6 Å². The largest absolute Gasteiger partial charge is 0.444 e. The summed E-state index contributed by atoms with van der Waals surface area (Å²) in [5.74, 6) is 1.06. The Morgan fingerprint density at radius 2 is 2.00 bits per heavy atom. The second-order valence-corrected chi connectivity index (χ2v) is 10.3. The average molecular weight is 524 g/mol. The number of ether oxygens (including phenoxy) is 1. The Hall–Kier alpha value is -3.32. The molecule has 0 radical (unpaired) electrons. The summed E-state index contributed by atoms with van der Waals surface area (Å²) < 4.78 is 12.0. The number of oxazole rings is 1. The van der Waals surface area contributed by atoms with Gasteiger partial charge >= 0.3 is 0 Å². The van der Waals surface area contributed by atoms with Crippen molar-refractivity contribution in [1.29, 1.82) is 0 Å². The first-order valence-electron chi connectivity index (χ1n) is 12.4. The quantitative estimate of drug-likeness (QED) is 0.322. The van der Waals surface area contributed by atoms with Crippen LogP contribution in [0.2, 0.25) is 0 Å². The fraction of sp³-hybridized carbons (Fsp3) is 0.440. The van der Waals surface area contributed by atoms with E-state index in [1.54, 1.807) is 17.5 Å². The zero-order valence-corrected chi connectivity index (χ0v) is 21.3. The standard InChI is InChI=1S/C25H29N7O4S/c1-15-11-16(4-5-26-15)24-28-19(14-36-24)23(34)27-18-12-20-21(29-22(18)32-6-2-3-17(33)13-32)30-25(37-20)31-7-9-35-10-8-31/h4-5,11-12,14,17,23,27,33-34H,2-3,6-10,13H2,1H3/t17-,23?/m1/s1. The number of thiazole rings is 1. The molecular formula is C25H29N7O4S. The van der Waals surface area contributed by atoms with Gasteiger partial charge < -0.3 is 34.5 Å². The van der Waals surface area contributed by atoms with Gasteiger partial charge in [-0.3, -0.25) is 4.98 Å². The van der Waals surface area contributed by atoms with E-state index in [4.69, 9.17) is 19.1 Å². The summed E-state index contributed by atoms with van der Waals surface area (Å²) >= 11 is 1.57. The molecule has 6 heterocycles. The number of aliphatic hydroxyl groups is 2. The number of hydrogen-bond donors (Lipinski definition) is 3. The average Bonchev–Trinajstić information content (AvgIpc) is 3.56. The molecule has 2 saturated heterocycles. The molecule has 37 heavy (non-hydrogen) atoms. The number of aryl methyl sites for hydroxylation is 1. The van der Waals surface area contributed by atoms with E-state index in [2.05, 4.69) is 20.2 Å². The second kappa shape index (κ2) is 10.2. The third-order valence-electron chi connectivity index (χ3n) is 6.57. The molecule has 2 atom stereocenters. The molecule has 2 aliphatic heterocycles. The van der Waals surface area contributed by atoms with E-state index in [0.717, 1.165) is 53.6 Å². The Kier molecular flexibility index (Phi) is 6.63. The molecule has 12 heteroatoms. The van der Waals surface area contributed by atoms with E-state index < -0.39 is 12.3 Å². The minimum atomic E-state index is -1.13. The zero-order chi connectivity index (χ0) is 25.4. The van der Waals surface area contributed by atoms with Gasteiger partial charge in [-0.2, -0.15) is 4.98 Å². The Morgan fingerprint density at radius 1 is 1.14 bits per heavy atom. The molecule has 0 amide bonds. The highest BCUT2D eigenvalue weighted by Crippen LogP contribution is 2.37. The molecule has 0 spiro atoms. The van der Waals surface area contributed by atoms with Crippen LogP contribution in [0.15, 0.2) is 35.1 Å². The van der Waals surface area contributed by atoms with Gasteiger partial charge in [0.1, 0.15) is 12.0 Å². The number of aromatic nitrogens is 4. The number of rotatable bonds is 6. The number of pyridine rings is 2. The maximum atomic E-state index is 11.1. The van der Waals surface area contributed by atoms with E-state index in [-0.39, 0.29) is 0 Å². The number of morpholine rings is 1. The normalized spacial score (nSPS) is 19.4. The third-order valence-corrected chi connectivity index (χ3v) is 7.62. The molecule has 2 aliphatic rings. The van der Waals surface area contributed by atoms with Crippen LogP contribution in [0.3, 0.4) is 0 Å². The SMILES string of the molecule is Cc1cc(-c2nc(C(O)Nc3cc4sc(N5CCOCC5)nc4nc3N3CCC[C@@H](O)C3)co2)ccn1. The summed E-state index contributed by atoms with van der Waals surface area (Å²) in [7, 11) is 0. The number of hydrogen-bond acceptors (Lipinski definition) is 12. The van der Waals surface area contributed by atoms with Crippen molar-refractivity contribution in [2.24, 2.45) is 0 Å². The molecule has 11 nitrogen and oxygen atoms in total. The van der Waals surface area contributed by atoms with E-state index in [1.165, 1.54) is 6.26 Å². The number of nitrogens with zero attached hydrogens (tertiary/aromatic N) is 6. The number of nitrogens with one attached hydrogen (secondary N) is 1. The summed E-state index contributed by atoms with van der Waals surface area (Å²) in [5.41, 5.74) is 3.29. The molecule has 4 aromatic rings. The number of aliphatic hydroxyl groups excluding tert-OH is 2. The molecule has 4 aromatic heterocycles. The van der Waals surface area contributed by atoms with Crippen LogP contribution >= 0.6 is 11.3 Å². The Balaban J connectivity index is 1.32. The highest BCUT2D eigenvalue weighted by molar-refractivity contribution is 7.22. The summed E-state index contributed by atoms with van der Waals surface area (Å²) in [5, 5.41) is 25.5. The van der Waals surface area contributed by atoms with Crippen LogP contribution in [0.25, 0.3) is 21.8 Å². The van der Waals surface area contributed by atoms with Crippen molar-refractivity contribution in [1.82, 2.24) is 19.9 Å². The van der Waals surface area contributed by atoms with Crippen molar-refractivity contribution in [3.05, 3.63) is 42.0 Å². The van der Waals surface area contributed by atoms with Crippen molar-refractivity contribution in [2.45, 2.75) is 32.1 Å². The van der Waals surface area contributed by atoms with Crippen LogP contribution in [0.5, 0.6) is 0 Å². The van der Waals surface area contributed by atoms with E-state index >= 15 is 0 Å². The highest BCUT2D eigenvalue weighted by Gasteiger charge is 2.25. The lowest BCUT2D eigenvalue weighted by Gasteiger charge is -2.32. The first-order chi connectivity index (χ1) is 18.0. The van der Waals surface area contributed by atoms with Crippen molar-refractivity contribution in [3.63, 3.8) is 0 Å². The first kappa shape index (κ1) is 24.0. The molecule has 3 N–H and O–H groups in total. The van der Waals surface area contributed by atoms with Gasteiger partial charge in [-0.05, 0) is 38.0 Å². The smallest absolute Gasteiger partial charge is 0.226 e. The van der Waals surface area contributed by atoms with Gasteiger partial charge in [-0.25, -0.2) is 9.97 Å². The molecule has 1 unspecified atom stereocenters. The van der Waals surface area contributed by atoms with Gasteiger partial charge in [0.05, 0.1) is 29.7 Å². The summed E-state index contributed by atoms with van der Waals surface area (Å²) in [6.07, 6.45) is 3.21. The van der Waals surface area contributed by atoms with Gasteiger partial charge in [-0.15, -0.1) is 0 Å². The third kappa shape index (κ3) is 5.10. The molecule has 0 saturated carbocycles. The summed E-state index contributed by atoms with van der Waals surface area (Å²) in [6, 6.07) is 5.66. The van der Waals surface area contributed by atoms with Crippen LogP contribution in [0.4, 0.5) is 16.6 Å². The highest BCUT2D eigenvalue weighted by atomic mass is 32.1. The number of fused-ring (bicyclic) bond motifs is 1. The number of piperidine rings is 1. The van der Waals surface area contributed by atoms with Gasteiger partial charge in [0.2, 0.25) is 5.89 Å². The van der Waals surface area contributed by atoms with Gasteiger partial charge in [0.15, 0.2) is 22.8 Å². The molecule has 6 rings (SSSR count). The van der Waals surface area contributed by atoms with Crippen LogP contribution in [0.1, 0.15) is 30.5 Å². The number of β-amino-alcohol motifs (C(OH)–C–C–N with tert-alkyl or cyclic N) is 1. The van der Waals surface area contributed by atoms with Crippen LogP contribution in [0, 0.1) is 6.92 Å². The molecule has 0 aromatic carbocycles. The predicted molar refractivity (Wildman–Crippen MR) is 141 cm³/mol. The Bertz CT molecular complexity index is 1390. The van der Waals surface area contributed by atoms with Gasteiger partial charge in [0.25, 0.3) is 0 Å². The van der Waals surface area contributed by atoms with E-state index in [0.29, 0.717) is 48.5 Å². The maximum absolute atomic E-state index is 11.1. The number of anilines is 3. The monoisotopic (exact) mass is 523 g/mol. The summed E-state index contributed by atoms with van der Waals surface area (Å²) in [4.78, 5) is 22.6. The van der Waals surface area contributed by atoms with Gasteiger partial charge in [-0.1, -0.05) is 11.3 Å². The fourth-order valence-electron chi connectivity index (χ4n) is 4.67. The summed E-state index contributed by atoms with van der Waals surface area (Å²) in [6.45, 7) is 6.07. The van der Waals surface area contributed by atoms with Gasteiger partial charge in [0, 0.05) is 43.6 Å². The van der Waals surface area contributed by atoms with Crippen molar-refractivity contribution in [2.75, 3.05) is 54.5 Å². The minimum Gasteiger partial charge on any atom is -0.444 e. The van der Waals surface area contributed by atoms with Crippen molar-refractivity contribution < 1.29 is 19.4 Å². The topological polar surface area (TPSA) is 133 Å². The predicted octanol–water partition coefficient (Wildman–Crippen LogP) is 2.95. The molecule has 0 bridgehead atoms.